The van der Waals surface area contributed by atoms with Crippen molar-refractivity contribution in [1.29, 1.82) is 0 Å². The predicted molar refractivity (Wildman–Crippen MR) is 84.9 cm³/mol. The molecule has 1 aromatic carbocycles. The lowest BCUT2D eigenvalue weighted by Crippen LogP contribution is -2.63. The Bertz CT molecular complexity index is 673. The van der Waals surface area contributed by atoms with E-state index >= 15 is 0 Å². The molecule has 1 saturated carbocycles. The molecule has 5 heteroatoms. The summed E-state index contributed by atoms with van der Waals surface area (Å²) in [7, 11) is 0. The first-order valence-electron chi connectivity index (χ1n) is 7.86. The van der Waals surface area contributed by atoms with Crippen molar-refractivity contribution in [1.82, 2.24) is 4.90 Å². The molecule has 0 aromatic heterocycles. The smallest absolute Gasteiger partial charge is 0.410 e. The monoisotopic (exact) mass is 316 g/mol. The summed E-state index contributed by atoms with van der Waals surface area (Å²) in [4.78, 5) is 16.9. The lowest BCUT2D eigenvalue weighted by molar-refractivity contribution is -0.0790. The lowest BCUT2D eigenvalue weighted by Gasteiger charge is -2.58. The molecule has 1 amide bonds. The van der Waals surface area contributed by atoms with Crippen LogP contribution in [-0.4, -0.2) is 29.7 Å². The molecule has 1 aliphatic heterocycles. The second-order valence-electron chi connectivity index (χ2n) is 7.76. The van der Waals surface area contributed by atoms with Crippen molar-refractivity contribution in [2.24, 2.45) is 5.41 Å². The van der Waals surface area contributed by atoms with Crippen LogP contribution in [0.4, 0.5) is 14.9 Å². The van der Waals surface area contributed by atoms with Gasteiger partial charge in [-0.25, -0.2) is 14.0 Å². The standard InChI is InChI=1S/C18H21FN2O2/c1-17(2,3)23-16(22)21-10-18(11-21)8-12(9-18)14-6-5-13(20-4)7-15(14)19/h5-7,12H,8-11H2,1-3H3. The molecule has 0 atom stereocenters. The SMILES string of the molecule is [C-]#[N+]c1ccc(C2CC3(C2)CN(C(=O)OC(C)(C)C)C3)c(F)c1. The third kappa shape index (κ3) is 3.03. The minimum Gasteiger partial charge on any atom is -0.444 e. The fourth-order valence-electron chi connectivity index (χ4n) is 3.60. The number of amides is 1. The van der Waals surface area contributed by atoms with Crippen molar-refractivity contribution < 1.29 is 13.9 Å². The molecule has 0 radical (unpaired) electrons. The molecule has 2 aliphatic rings. The third-order valence-electron chi connectivity index (χ3n) is 4.62. The van der Waals surface area contributed by atoms with Gasteiger partial charge in [0.1, 0.15) is 11.4 Å². The van der Waals surface area contributed by atoms with Gasteiger partial charge in [0.05, 0.1) is 6.57 Å². The van der Waals surface area contributed by atoms with E-state index in [9.17, 15) is 9.18 Å². The van der Waals surface area contributed by atoms with E-state index in [-0.39, 0.29) is 23.2 Å². The van der Waals surface area contributed by atoms with Gasteiger partial charge < -0.3 is 9.64 Å². The van der Waals surface area contributed by atoms with Crippen LogP contribution in [0.3, 0.4) is 0 Å². The predicted octanol–water partition coefficient (Wildman–Crippen LogP) is 4.49. The molecule has 4 nitrogen and oxygen atoms in total. The van der Waals surface area contributed by atoms with E-state index in [0.717, 1.165) is 12.8 Å². The number of likely N-dealkylation sites (tertiary alicyclic amines) is 1. The van der Waals surface area contributed by atoms with Crippen LogP contribution >= 0.6 is 0 Å². The lowest BCUT2D eigenvalue weighted by atomic mass is 9.56. The Kier molecular flexibility index (Phi) is 3.59. The molecule has 1 aromatic rings. The second-order valence-corrected chi connectivity index (χ2v) is 7.76. The molecular formula is C18H21FN2O2. The number of ether oxygens (including phenoxy) is 1. The topological polar surface area (TPSA) is 33.9 Å². The number of carbonyl (C=O) groups is 1. The number of benzene rings is 1. The highest BCUT2D eigenvalue weighted by atomic mass is 19.1. The number of nitrogens with zero attached hydrogens (tertiary/aromatic N) is 2. The summed E-state index contributed by atoms with van der Waals surface area (Å²) < 4.78 is 19.4. The van der Waals surface area contributed by atoms with E-state index in [2.05, 4.69) is 4.85 Å². The molecular weight excluding hydrogens is 295 g/mol. The van der Waals surface area contributed by atoms with Crippen molar-refractivity contribution in [2.75, 3.05) is 13.1 Å². The Labute approximate surface area is 136 Å². The van der Waals surface area contributed by atoms with Gasteiger partial charge in [0, 0.05) is 18.5 Å². The Hall–Kier alpha value is -2.09. The molecule has 1 heterocycles. The summed E-state index contributed by atoms with van der Waals surface area (Å²) >= 11 is 0. The fraction of sp³-hybridized carbons (Fsp3) is 0.556. The maximum absolute atomic E-state index is 14.0. The number of hydrogen-bond donors (Lipinski definition) is 0. The van der Waals surface area contributed by atoms with Gasteiger partial charge in [-0.1, -0.05) is 12.1 Å². The number of hydrogen-bond acceptors (Lipinski definition) is 2. The van der Waals surface area contributed by atoms with Gasteiger partial charge >= 0.3 is 6.09 Å². The van der Waals surface area contributed by atoms with Gasteiger partial charge in [-0.2, -0.15) is 0 Å². The minimum atomic E-state index is -0.476. The Morgan fingerprint density at radius 1 is 1.39 bits per heavy atom. The largest absolute Gasteiger partial charge is 0.444 e. The molecule has 1 aliphatic carbocycles. The van der Waals surface area contributed by atoms with E-state index in [1.165, 1.54) is 6.07 Å². The van der Waals surface area contributed by atoms with Crippen LogP contribution in [0.1, 0.15) is 45.1 Å². The van der Waals surface area contributed by atoms with Gasteiger partial charge in [-0.3, -0.25) is 0 Å². The molecule has 1 saturated heterocycles. The van der Waals surface area contributed by atoms with Gasteiger partial charge in [0.15, 0.2) is 5.69 Å². The molecule has 0 bridgehead atoms. The van der Waals surface area contributed by atoms with E-state index in [0.29, 0.717) is 24.3 Å². The van der Waals surface area contributed by atoms with E-state index in [1.807, 2.05) is 20.8 Å². The van der Waals surface area contributed by atoms with Crippen LogP contribution in [0, 0.1) is 17.8 Å². The molecule has 23 heavy (non-hydrogen) atoms. The zero-order valence-corrected chi connectivity index (χ0v) is 13.7. The summed E-state index contributed by atoms with van der Waals surface area (Å²) in [6, 6.07) is 4.70. The zero-order chi connectivity index (χ0) is 16.8. The first-order chi connectivity index (χ1) is 10.7. The summed E-state index contributed by atoms with van der Waals surface area (Å²) in [6.45, 7) is 13.9. The van der Waals surface area contributed by atoms with Crippen molar-refractivity contribution in [2.45, 2.75) is 45.1 Å². The van der Waals surface area contributed by atoms with Crippen molar-refractivity contribution in [3.8, 4) is 0 Å². The molecule has 0 N–H and O–H groups in total. The first-order valence-corrected chi connectivity index (χ1v) is 7.86. The molecule has 3 rings (SSSR count). The number of carbonyl (C=O) groups excluding carboxylic acids is 1. The van der Waals surface area contributed by atoms with E-state index < -0.39 is 5.60 Å². The Morgan fingerprint density at radius 3 is 2.57 bits per heavy atom. The van der Waals surface area contributed by atoms with Gasteiger partial charge in [-0.15, -0.1) is 0 Å². The first kappa shape index (κ1) is 15.8. The van der Waals surface area contributed by atoms with Crippen molar-refractivity contribution in [3.05, 3.63) is 41.0 Å². The Balaban J connectivity index is 1.55. The molecule has 1 spiro atoms. The fourth-order valence-corrected chi connectivity index (χ4v) is 3.60. The van der Waals surface area contributed by atoms with Gasteiger partial charge in [0.25, 0.3) is 0 Å². The summed E-state index contributed by atoms with van der Waals surface area (Å²) in [5, 5.41) is 0. The summed E-state index contributed by atoms with van der Waals surface area (Å²) in [6.07, 6.45) is 1.51. The van der Waals surface area contributed by atoms with Crippen LogP contribution in [-0.2, 0) is 4.74 Å². The zero-order valence-electron chi connectivity index (χ0n) is 13.7. The van der Waals surface area contributed by atoms with Gasteiger partial charge in [0.2, 0.25) is 0 Å². The van der Waals surface area contributed by atoms with Crippen LogP contribution in [0.5, 0.6) is 0 Å². The van der Waals surface area contributed by atoms with E-state index in [4.69, 9.17) is 11.3 Å². The highest BCUT2D eigenvalue weighted by Gasteiger charge is 2.54. The molecule has 122 valence electrons. The highest BCUT2D eigenvalue weighted by Crippen LogP contribution is 2.56. The highest BCUT2D eigenvalue weighted by molar-refractivity contribution is 5.69. The van der Waals surface area contributed by atoms with Crippen LogP contribution in [0.15, 0.2) is 18.2 Å². The van der Waals surface area contributed by atoms with Crippen LogP contribution < -0.4 is 0 Å². The van der Waals surface area contributed by atoms with Crippen LogP contribution in [0.25, 0.3) is 4.85 Å². The number of halogens is 1. The Morgan fingerprint density at radius 2 is 2.04 bits per heavy atom. The quantitative estimate of drug-likeness (QED) is 0.715. The maximum Gasteiger partial charge on any atom is 0.410 e. The minimum absolute atomic E-state index is 0.131. The maximum atomic E-state index is 14.0. The number of rotatable bonds is 1. The summed E-state index contributed by atoms with van der Waals surface area (Å²) in [5.74, 6) is -0.0998. The second kappa shape index (κ2) is 5.23. The van der Waals surface area contributed by atoms with Gasteiger partial charge in [-0.05, 0) is 51.2 Å². The molecule has 2 fully saturated rings. The third-order valence-corrected chi connectivity index (χ3v) is 4.62. The van der Waals surface area contributed by atoms with Crippen LogP contribution in [0.2, 0.25) is 0 Å². The molecule has 0 unspecified atom stereocenters. The summed E-state index contributed by atoms with van der Waals surface area (Å²) in [5.41, 5.74) is 0.682. The van der Waals surface area contributed by atoms with Crippen molar-refractivity contribution in [3.63, 3.8) is 0 Å². The van der Waals surface area contributed by atoms with Crippen molar-refractivity contribution >= 4 is 11.8 Å². The van der Waals surface area contributed by atoms with E-state index in [1.54, 1.807) is 17.0 Å². The average Bonchev–Trinajstić information content (AvgIpc) is 2.34. The average molecular weight is 316 g/mol. The normalized spacial score (nSPS) is 19.7.